The molecule has 0 bridgehead atoms. The fourth-order valence-electron chi connectivity index (χ4n) is 3.78. The van der Waals surface area contributed by atoms with Crippen molar-refractivity contribution in [3.05, 3.63) is 96.2 Å². The van der Waals surface area contributed by atoms with Crippen molar-refractivity contribution < 1.29 is 23.7 Å². The summed E-state index contributed by atoms with van der Waals surface area (Å²) in [6.45, 7) is 2.06. The Balaban J connectivity index is 1.88. The molecule has 36 heavy (non-hydrogen) atoms. The first-order valence-electron chi connectivity index (χ1n) is 11.5. The summed E-state index contributed by atoms with van der Waals surface area (Å²) in [6, 6.07) is 24.8. The highest BCUT2D eigenvalue weighted by atomic mass is 16.5. The van der Waals surface area contributed by atoms with E-state index in [4.69, 9.17) is 24.0 Å². The number of benzene rings is 3. The number of rotatable bonds is 9. The van der Waals surface area contributed by atoms with E-state index in [1.807, 2.05) is 83.5 Å². The maximum absolute atomic E-state index is 12.5. The molecule has 0 fully saturated rings. The van der Waals surface area contributed by atoms with Crippen LogP contribution in [0.15, 0.2) is 84.9 Å². The standard InChI is InChI=1S/C29H28N2O5/c1-5-36-29(32)18-26(20-6-12-23(33-2)13-7-20)27-19-28(21-8-14-24(34-3)15-9-21)31(30-27)22-10-16-25(35-4)17-11-22/h6-19H,5H2,1-4H3/b26-18+. The van der Waals surface area contributed by atoms with Gasteiger partial charge in [0.15, 0.2) is 0 Å². The first-order chi connectivity index (χ1) is 17.6. The molecule has 1 aromatic heterocycles. The van der Waals surface area contributed by atoms with Gasteiger partial charge in [0, 0.05) is 17.2 Å². The third-order valence-electron chi connectivity index (χ3n) is 5.64. The largest absolute Gasteiger partial charge is 0.497 e. The lowest BCUT2D eigenvalue weighted by Gasteiger charge is -2.09. The Morgan fingerprint density at radius 3 is 1.86 bits per heavy atom. The van der Waals surface area contributed by atoms with Gasteiger partial charge in [0.1, 0.15) is 17.2 Å². The minimum absolute atomic E-state index is 0.280. The normalized spacial score (nSPS) is 11.2. The lowest BCUT2D eigenvalue weighted by Crippen LogP contribution is -2.03. The quantitative estimate of drug-likeness (QED) is 0.229. The number of hydrogen-bond donors (Lipinski definition) is 0. The highest BCUT2D eigenvalue weighted by Gasteiger charge is 2.18. The summed E-state index contributed by atoms with van der Waals surface area (Å²) in [4.78, 5) is 12.5. The molecular weight excluding hydrogens is 456 g/mol. The van der Waals surface area contributed by atoms with Gasteiger partial charge in [-0.1, -0.05) is 12.1 Å². The third kappa shape index (κ3) is 5.41. The maximum Gasteiger partial charge on any atom is 0.331 e. The van der Waals surface area contributed by atoms with E-state index in [9.17, 15) is 4.79 Å². The maximum atomic E-state index is 12.5. The Bertz CT molecular complexity index is 1270. The third-order valence-corrected chi connectivity index (χ3v) is 5.64. The van der Waals surface area contributed by atoms with Gasteiger partial charge >= 0.3 is 5.97 Å². The van der Waals surface area contributed by atoms with Gasteiger partial charge in [-0.3, -0.25) is 0 Å². The average Bonchev–Trinajstić information content (AvgIpc) is 3.37. The molecule has 0 N–H and O–H groups in total. The fourth-order valence-corrected chi connectivity index (χ4v) is 3.78. The summed E-state index contributed by atoms with van der Waals surface area (Å²) in [5, 5.41) is 4.92. The van der Waals surface area contributed by atoms with Crippen LogP contribution in [0.25, 0.3) is 22.5 Å². The van der Waals surface area contributed by atoms with E-state index in [0.717, 1.165) is 39.8 Å². The van der Waals surface area contributed by atoms with Gasteiger partial charge in [-0.05, 0) is 79.2 Å². The second-order valence-electron chi connectivity index (χ2n) is 7.79. The molecule has 1 heterocycles. The minimum atomic E-state index is -0.437. The van der Waals surface area contributed by atoms with E-state index in [1.54, 1.807) is 28.3 Å². The van der Waals surface area contributed by atoms with E-state index in [0.29, 0.717) is 11.3 Å². The lowest BCUT2D eigenvalue weighted by atomic mass is 10.0. The zero-order chi connectivity index (χ0) is 25.5. The molecule has 0 aliphatic carbocycles. The second-order valence-corrected chi connectivity index (χ2v) is 7.79. The molecule has 0 spiro atoms. The van der Waals surface area contributed by atoms with Crippen molar-refractivity contribution in [1.82, 2.24) is 9.78 Å². The lowest BCUT2D eigenvalue weighted by molar-refractivity contribution is -0.137. The van der Waals surface area contributed by atoms with Crippen molar-refractivity contribution in [2.75, 3.05) is 27.9 Å². The van der Waals surface area contributed by atoms with Gasteiger partial charge < -0.3 is 18.9 Å². The topological polar surface area (TPSA) is 71.8 Å². The highest BCUT2D eigenvalue weighted by Crippen LogP contribution is 2.32. The molecule has 0 unspecified atom stereocenters. The molecule has 0 aliphatic rings. The van der Waals surface area contributed by atoms with Crippen LogP contribution in [0.4, 0.5) is 0 Å². The van der Waals surface area contributed by atoms with Crippen LogP contribution in [-0.4, -0.2) is 43.7 Å². The van der Waals surface area contributed by atoms with Crippen molar-refractivity contribution in [2.45, 2.75) is 6.92 Å². The zero-order valence-electron chi connectivity index (χ0n) is 20.7. The smallest absolute Gasteiger partial charge is 0.331 e. The monoisotopic (exact) mass is 484 g/mol. The Morgan fingerprint density at radius 2 is 1.33 bits per heavy atom. The molecule has 0 saturated carbocycles. The summed E-state index contributed by atoms with van der Waals surface area (Å²) in [6.07, 6.45) is 1.48. The van der Waals surface area contributed by atoms with Crippen LogP contribution in [0.1, 0.15) is 18.2 Å². The Hall–Kier alpha value is -4.52. The van der Waals surface area contributed by atoms with Crippen LogP contribution < -0.4 is 14.2 Å². The molecule has 4 rings (SSSR count). The molecule has 7 heteroatoms. The Kier molecular flexibility index (Phi) is 7.70. The Labute approximate surface area is 210 Å². The molecule has 0 amide bonds. The minimum Gasteiger partial charge on any atom is -0.497 e. The van der Waals surface area contributed by atoms with Crippen LogP contribution in [0, 0.1) is 0 Å². The molecule has 3 aromatic carbocycles. The molecule has 0 atom stereocenters. The summed E-state index contributed by atoms with van der Waals surface area (Å²) >= 11 is 0. The first-order valence-corrected chi connectivity index (χ1v) is 11.5. The molecule has 7 nitrogen and oxygen atoms in total. The Morgan fingerprint density at radius 1 is 0.806 bits per heavy atom. The van der Waals surface area contributed by atoms with Crippen molar-refractivity contribution >= 4 is 11.5 Å². The summed E-state index contributed by atoms with van der Waals surface area (Å²) in [7, 11) is 4.88. The van der Waals surface area contributed by atoms with Crippen molar-refractivity contribution in [3.8, 4) is 34.2 Å². The van der Waals surface area contributed by atoms with Gasteiger partial charge in [0.05, 0.1) is 45.0 Å². The van der Waals surface area contributed by atoms with Crippen molar-refractivity contribution in [3.63, 3.8) is 0 Å². The van der Waals surface area contributed by atoms with E-state index in [1.165, 1.54) is 6.08 Å². The number of carbonyl (C=O) groups excluding carboxylic acids is 1. The number of nitrogens with zero attached hydrogens (tertiary/aromatic N) is 2. The molecule has 184 valence electrons. The van der Waals surface area contributed by atoms with Gasteiger partial charge in [-0.15, -0.1) is 0 Å². The summed E-state index contributed by atoms with van der Waals surface area (Å²) in [5.41, 5.74) is 4.70. The number of ether oxygens (including phenoxy) is 4. The fraction of sp³-hybridized carbons (Fsp3) is 0.172. The van der Waals surface area contributed by atoms with Gasteiger partial charge in [-0.25, -0.2) is 9.48 Å². The molecule has 4 aromatic rings. The van der Waals surface area contributed by atoms with Crippen LogP contribution in [0.5, 0.6) is 17.2 Å². The van der Waals surface area contributed by atoms with Crippen LogP contribution >= 0.6 is 0 Å². The number of esters is 1. The number of methoxy groups -OCH3 is 3. The van der Waals surface area contributed by atoms with Gasteiger partial charge in [-0.2, -0.15) is 5.10 Å². The van der Waals surface area contributed by atoms with Gasteiger partial charge in [0.2, 0.25) is 0 Å². The molecule has 0 saturated heterocycles. The summed E-state index contributed by atoms with van der Waals surface area (Å²) < 4.78 is 23.0. The van der Waals surface area contributed by atoms with Crippen molar-refractivity contribution in [1.29, 1.82) is 0 Å². The number of aromatic nitrogens is 2. The highest BCUT2D eigenvalue weighted by molar-refractivity contribution is 5.96. The van der Waals surface area contributed by atoms with E-state index < -0.39 is 5.97 Å². The first kappa shape index (κ1) is 24.6. The number of carbonyl (C=O) groups is 1. The van der Waals surface area contributed by atoms with Crippen LogP contribution in [0.3, 0.4) is 0 Å². The van der Waals surface area contributed by atoms with E-state index >= 15 is 0 Å². The SMILES string of the molecule is CCOC(=O)/C=C(\c1ccc(OC)cc1)c1cc(-c2ccc(OC)cc2)n(-c2ccc(OC)cc2)n1. The zero-order valence-corrected chi connectivity index (χ0v) is 20.7. The predicted molar refractivity (Wildman–Crippen MR) is 139 cm³/mol. The molecule has 0 aliphatic heterocycles. The van der Waals surface area contributed by atoms with Gasteiger partial charge in [0.25, 0.3) is 0 Å². The average molecular weight is 485 g/mol. The summed E-state index contributed by atoms with van der Waals surface area (Å²) in [5.74, 6) is 1.79. The van der Waals surface area contributed by atoms with Crippen LogP contribution in [-0.2, 0) is 9.53 Å². The van der Waals surface area contributed by atoms with Crippen molar-refractivity contribution in [2.24, 2.45) is 0 Å². The molecular formula is C29H28N2O5. The van der Waals surface area contributed by atoms with E-state index in [-0.39, 0.29) is 6.61 Å². The van der Waals surface area contributed by atoms with E-state index in [2.05, 4.69) is 0 Å². The second kappa shape index (κ2) is 11.3. The molecule has 0 radical (unpaired) electrons. The van der Waals surface area contributed by atoms with Crippen LogP contribution in [0.2, 0.25) is 0 Å². The number of hydrogen-bond acceptors (Lipinski definition) is 6. The predicted octanol–water partition coefficient (Wildman–Crippen LogP) is 5.56.